The molecule has 1 atom stereocenters. The van der Waals surface area contributed by atoms with E-state index >= 15 is 0 Å². The second kappa shape index (κ2) is 7.04. The molecule has 2 aromatic rings. The molecule has 1 aliphatic heterocycles. The lowest BCUT2D eigenvalue weighted by Gasteiger charge is -2.30. The molecule has 24 heavy (non-hydrogen) atoms. The Kier molecular flexibility index (Phi) is 5.02. The van der Waals surface area contributed by atoms with Crippen molar-refractivity contribution in [2.45, 2.75) is 43.7 Å². The van der Waals surface area contributed by atoms with Gasteiger partial charge in [-0.15, -0.1) is 0 Å². The third kappa shape index (κ3) is 3.38. The molecule has 0 amide bonds. The molecule has 1 aliphatic rings. The first kappa shape index (κ1) is 17.1. The summed E-state index contributed by atoms with van der Waals surface area (Å²) in [5.41, 5.74) is 0.877. The Balaban J connectivity index is 1.76. The topological polar surface area (TPSA) is 104 Å². The molecule has 0 spiro atoms. The van der Waals surface area contributed by atoms with Crippen LogP contribution in [0.3, 0.4) is 0 Å². The number of sulfonamides is 1. The molecule has 0 aromatic carbocycles. The van der Waals surface area contributed by atoms with Crippen LogP contribution in [0.1, 0.15) is 37.2 Å². The maximum Gasteiger partial charge on any atom is 0.260 e. The largest absolute Gasteiger partial charge is 0.394 e. The smallest absolute Gasteiger partial charge is 0.260 e. The summed E-state index contributed by atoms with van der Waals surface area (Å²) in [6.45, 7) is 3.33. The van der Waals surface area contributed by atoms with Gasteiger partial charge in [0.05, 0.1) is 25.0 Å². The van der Waals surface area contributed by atoms with Gasteiger partial charge in [0, 0.05) is 31.6 Å². The van der Waals surface area contributed by atoms with Crippen LogP contribution >= 0.6 is 0 Å². The normalized spacial score (nSPS) is 19.7. The third-order valence-corrected chi connectivity index (χ3v) is 6.13. The summed E-state index contributed by atoms with van der Waals surface area (Å²) in [5.74, 6) is 0.743. The Bertz CT molecular complexity index is 783. The van der Waals surface area contributed by atoms with E-state index in [1.165, 1.54) is 10.5 Å². The summed E-state index contributed by atoms with van der Waals surface area (Å²) < 4.78 is 28.8. The second-order valence-corrected chi connectivity index (χ2v) is 7.88. The molecule has 1 fully saturated rings. The standard InChI is InChI=1S/C15H23N5O3S/c1-2-14-16-10-15(17-14)24(22,23)20-6-3-4-12(11-20)13-5-7-19(18-13)8-9-21/h5,7,10,12,21H,2-4,6,8-9,11H2,1H3,(H,16,17). The van der Waals surface area contributed by atoms with Crippen molar-refractivity contribution in [1.29, 1.82) is 0 Å². The second-order valence-electron chi connectivity index (χ2n) is 5.98. The van der Waals surface area contributed by atoms with Crippen LogP contribution in [0.5, 0.6) is 0 Å². The van der Waals surface area contributed by atoms with E-state index in [-0.39, 0.29) is 17.6 Å². The Morgan fingerprint density at radius 1 is 1.46 bits per heavy atom. The highest BCUT2D eigenvalue weighted by atomic mass is 32.2. The van der Waals surface area contributed by atoms with Crippen molar-refractivity contribution < 1.29 is 13.5 Å². The van der Waals surface area contributed by atoms with Crippen molar-refractivity contribution in [3.63, 3.8) is 0 Å². The van der Waals surface area contributed by atoms with Crippen molar-refractivity contribution in [2.75, 3.05) is 19.7 Å². The lowest BCUT2D eigenvalue weighted by atomic mass is 9.96. The van der Waals surface area contributed by atoms with Gasteiger partial charge in [0.2, 0.25) is 0 Å². The summed E-state index contributed by atoms with van der Waals surface area (Å²) in [4.78, 5) is 6.98. The van der Waals surface area contributed by atoms with Crippen LogP contribution in [-0.2, 0) is 23.0 Å². The fourth-order valence-corrected chi connectivity index (χ4v) is 4.47. The molecule has 0 bridgehead atoms. The number of nitrogens with zero attached hydrogens (tertiary/aromatic N) is 4. The first-order valence-corrected chi connectivity index (χ1v) is 9.67. The van der Waals surface area contributed by atoms with Gasteiger partial charge in [-0.3, -0.25) is 4.68 Å². The molecular formula is C15H23N5O3S. The van der Waals surface area contributed by atoms with Crippen molar-refractivity contribution in [1.82, 2.24) is 24.1 Å². The number of aliphatic hydroxyl groups is 1. The van der Waals surface area contributed by atoms with Crippen LogP contribution in [0.25, 0.3) is 0 Å². The predicted molar refractivity (Wildman–Crippen MR) is 88.0 cm³/mol. The number of aliphatic hydroxyl groups excluding tert-OH is 1. The molecular weight excluding hydrogens is 330 g/mol. The van der Waals surface area contributed by atoms with Crippen LogP contribution in [0, 0.1) is 0 Å². The molecule has 1 unspecified atom stereocenters. The molecule has 9 heteroatoms. The summed E-state index contributed by atoms with van der Waals surface area (Å²) in [6, 6.07) is 1.90. The minimum absolute atomic E-state index is 0.0336. The summed E-state index contributed by atoms with van der Waals surface area (Å²) >= 11 is 0. The van der Waals surface area contributed by atoms with Crippen LogP contribution in [0.15, 0.2) is 23.5 Å². The zero-order valence-corrected chi connectivity index (χ0v) is 14.5. The Hall–Kier alpha value is -1.71. The number of H-pyrrole nitrogens is 1. The summed E-state index contributed by atoms with van der Waals surface area (Å²) in [7, 11) is -3.55. The Morgan fingerprint density at radius 2 is 2.29 bits per heavy atom. The van der Waals surface area contributed by atoms with Gasteiger partial charge in [-0.1, -0.05) is 6.92 Å². The summed E-state index contributed by atoms with van der Waals surface area (Å²) in [5, 5.41) is 13.6. The average Bonchev–Trinajstić information content (AvgIpc) is 3.25. The SMILES string of the molecule is CCc1ncc(S(=O)(=O)N2CCCC(c3ccn(CCO)n3)C2)[nH]1. The van der Waals surface area contributed by atoms with Crippen LogP contribution < -0.4 is 0 Å². The zero-order valence-electron chi connectivity index (χ0n) is 13.7. The number of hydrogen-bond donors (Lipinski definition) is 2. The van der Waals surface area contributed by atoms with Gasteiger partial charge < -0.3 is 10.1 Å². The van der Waals surface area contributed by atoms with Crippen molar-refractivity contribution in [3.8, 4) is 0 Å². The molecule has 0 radical (unpaired) electrons. The van der Waals surface area contributed by atoms with Gasteiger partial charge >= 0.3 is 0 Å². The van der Waals surface area contributed by atoms with E-state index in [0.29, 0.717) is 31.9 Å². The van der Waals surface area contributed by atoms with Crippen molar-refractivity contribution in [2.24, 2.45) is 0 Å². The highest BCUT2D eigenvalue weighted by Crippen LogP contribution is 2.29. The van der Waals surface area contributed by atoms with Crippen LogP contribution in [0.4, 0.5) is 0 Å². The highest BCUT2D eigenvalue weighted by Gasteiger charge is 2.32. The Labute approximate surface area is 141 Å². The van der Waals surface area contributed by atoms with E-state index in [2.05, 4.69) is 15.1 Å². The molecule has 3 rings (SSSR count). The number of aryl methyl sites for hydroxylation is 1. The molecule has 2 N–H and O–H groups in total. The average molecular weight is 353 g/mol. The monoisotopic (exact) mass is 353 g/mol. The Morgan fingerprint density at radius 3 is 3.00 bits per heavy atom. The maximum atomic E-state index is 12.8. The first-order chi connectivity index (χ1) is 11.5. The highest BCUT2D eigenvalue weighted by molar-refractivity contribution is 7.89. The number of rotatable bonds is 6. The maximum absolute atomic E-state index is 12.8. The number of piperidine rings is 1. The number of imidazole rings is 1. The van der Waals surface area contributed by atoms with Crippen molar-refractivity contribution in [3.05, 3.63) is 30.0 Å². The molecule has 132 valence electrons. The van der Waals surface area contributed by atoms with Gasteiger partial charge in [0.25, 0.3) is 10.0 Å². The lowest BCUT2D eigenvalue weighted by molar-refractivity contribution is 0.267. The van der Waals surface area contributed by atoms with E-state index < -0.39 is 10.0 Å². The minimum atomic E-state index is -3.55. The molecule has 0 aliphatic carbocycles. The van der Waals surface area contributed by atoms with Crippen molar-refractivity contribution >= 4 is 10.0 Å². The van der Waals surface area contributed by atoms with Gasteiger partial charge in [-0.2, -0.15) is 9.40 Å². The molecule has 3 heterocycles. The fourth-order valence-electron chi connectivity index (χ4n) is 3.02. The number of nitrogens with one attached hydrogen (secondary N) is 1. The van der Waals surface area contributed by atoms with Gasteiger partial charge in [-0.25, -0.2) is 13.4 Å². The van der Waals surface area contributed by atoms with E-state index in [1.54, 1.807) is 4.68 Å². The van der Waals surface area contributed by atoms with E-state index in [0.717, 1.165) is 18.5 Å². The van der Waals surface area contributed by atoms with Crippen LogP contribution in [0.2, 0.25) is 0 Å². The lowest BCUT2D eigenvalue weighted by Crippen LogP contribution is -2.39. The van der Waals surface area contributed by atoms with E-state index in [9.17, 15) is 8.42 Å². The number of aromatic amines is 1. The van der Waals surface area contributed by atoms with Gasteiger partial charge in [0.1, 0.15) is 5.82 Å². The molecule has 8 nitrogen and oxygen atoms in total. The molecule has 2 aromatic heterocycles. The quantitative estimate of drug-likeness (QED) is 0.797. The van der Waals surface area contributed by atoms with Gasteiger partial charge in [-0.05, 0) is 18.9 Å². The first-order valence-electron chi connectivity index (χ1n) is 8.23. The third-order valence-electron chi connectivity index (χ3n) is 4.35. The minimum Gasteiger partial charge on any atom is -0.394 e. The number of aromatic nitrogens is 4. The molecule has 1 saturated heterocycles. The van der Waals surface area contributed by atoms with Crippen LogP contribution in [-0.4, -0.2) is 57.3 Å². The van der Waals surface area contributed by atoms with E-state index in [1.807, 2.05) is 19.2 Å². The van der Waals surface area contributed by atoms with E-state index in [4.69, 9.17) is 5.11 Å². The fraction of sp³-hybridized carbons (Fsp3) is 0.600. The predicted octanol–water partition coefficient (Wildman–Crippen LogP) is 0.729. The van der Waals surface area contributed by atoms with Gasteiger partial charge in [0.15, 0.2) is 5.03 Å². The zero-order chi connectivity index (χ0) is 17.2. The summed E-state index contributed by atoms with van der Waals surface area (Å²) in [6.07, 6.45) is 5.59. The number of hydrogen-bond acceptors (Lipinski definition) is 5. The molecule has 0 saturated carbocycles.